The molecule has 7 nitrogen and oxygen atoms in total. The third-order valence-electron chi connectivity index (χ3n) is 4.14. The monoisotopic (exact) mass is 420 g/mol. The van der Waals surface area contributed by atoms with E-state index in [1.165, 1.54) is 23.6 Å². The number of pyridine rings is 1. The highest BCUT2D eigenvalue weighted by Crippen LogP contribution is 2.31. The first-order valence-corrected chi connectivity index (χ1v) is 10.8. The van der Waals surface area contributed by atoms with Gasteiger partial charge in [0.1, 0.15) is 20.4 Å². The van der Waals surface area contributed by atoms with Crippen LogP contribution in [0.4, 0.5) is 0 Å². The number of methoxy groups -OCH3 is 1. The molecular formula is C19H20N2O5S2. The first kappa shape index (κ1) is 20.2. The van der Waals surface area contributed by atoms with E-state index >= 15 is 0 Å². The van der Waals surface area contributed by atoms with Gasteiger partial charge in [0.2, 0.25) is 10.0 Å². The van der Waals surface area contributed by atoms with Gasteiger partial charge in [-0.1, -0.05) is 12.1 Å². The molecule has 1 N–H and O–H groups in total. The number of rotatable bonds is 7. The normalized spacial score (nSPS) is 11.5. The van der Waals surface area contributed by atoms with Gasteiger partial charge in [0, 0.05) is 18.1 Å². The fourth-order valence-electron chi connectivity index (χ4n) is 2.66. The van der Waals surface area contributed by atoms with Crippen molar-refractivity contribution in [1.82, 2.24) is 9.71 Å². The third kappa shape index (κ3) is 4.16. The first-order valence-electron chi connectivity index (χ1n) is 8.54. The Labute approximate surface area is 167 Å². The highest BCUT2D eigenvalue weighted by atomic mass is 32.2. The molecule has 0 saturated heterocycles. The molecule has 0 radical (unpaired) electrons. The Bertz CT molecular complexity index is 1120. The molecule has 0 amide bonds. The van der Waals surface area contributed by atoms with Crippen LogP contribution >= 0.6 is 11.3 Å². The predicted octanol–water partition coefficient (Wildman–Crippen LogP) is 3.27. The van der Waals surface area contributed by atoms with Crippen molar-refractivity contribution in [3.05, 3.63) is 52.5 Å². The summed E-state index contributed by atoms with van der Waals surface area (Å²) in [6.07, 6.45) is 1.29. The average Bonchev–Trinajstić information content (AvgIpc) is 3.03. The van der Waals surface area contributed by atoms with Crippen LogP contribution in [0.2, 0.25) is 0 Å². The number of esters is 1. The Balaban J connectivity index is 1.87. The number of fused-ring (bicyclic) bond motifs is 1. The van der Waals surface area contributed by atoms with Crippen molar-refractivity contribution in [3.8, 4) is 5.75 Å². The number of sulfonamides is 1. The molecule has 0 unspecified atom stereocenters. The fourth-order valence-corrected chi connectivity index (χ4v) is 4.67. The van der Waals surface area contributed by atoms with Crippen molar-refractivity contribution in [3.63, 3.8) is 0 Å². The highest BCUT2D eigenvalue weighted by Gasteiger charge is 2.21. The quantitative estimate of drug-likeness (QED) is 0.590. The smallest absolute Gasteiger partial charge is 0.348 e. The minimum Gasteiger partial charge on any atom is -0.497 e. The lowest BCUT2D eigenvalue weighted by Crippen LogP contribution is -2.23. The van der Waals surface area contributed by atoms with Crippen molar-refractivity contribution >= 4 is 37.5 Å². The molecule has 2 aromatic heterocycles. The van der Waals surface area contributed by atoms with E-state index in [0.29, 0.717) is 26.4 Å². The molecule has 0 bridgehead atoms. The Morgan fingerprint density at radius 1 is 1.29 bits per heavy atom. The Hall–Kier alpha value is -2.49. The fraction of sp³-hybridized carbons (Fsp3) is 0.263. The number of aryl methyl sites for hydroxylation is 1. The van der Waals surface area contributed by atoms with E-state index in [-0.39, 0.29) is 18.0 Å². The van der Waals surface area contributed by atoms with Gasteiger partial charge in [0.15, 0.2) is 0 Å². The molecule has 3 rings (SSSR count). The Kier molecular flexibility index (Phi) is 5.97. The van der Waals surface area contributed by atoms with E-state index in [0.717, 1.165) is 5.56 Å². The number of benzene rings is 1. The van der Waals surface area contributed by atoms with Crippen molar-refractivity contribution in [2.75, 3.05) is 13.7 Å². The van der Waals surface area contributed by atoms with Crippen molar-refractivity contribution < 1.29 is 22.7 Å². The van der Waals surface area contributed by atoms with Crippen LogP contribution in [-0.2, 0) is 21.3 Å². The molecule has 9 heteroatoms. The summed E-state index contributed by atoms with van der Waals surface area (Å²) >= 11 is 1.19. The molecule has 0 saturated carbocycles. The number of carbonyl (C=O) groups is 1. The summed E-state index contributed by atoms with van der Waals surface area (Å²) in [6, 6.07) is 8.68. The lowest BCUT2D eigenvalue weighted by molar-refractivity contribution is 0.0531. The van der Waals surface area contributed by atoms with Crippen LogP contribution in [0.1, 0.15) is 27.7 Å². The largest absolute Gasteiger partial charge is 0.497 e. The van der Waals surface area contributed by atoms with E-state index in [1.807, 2.05) is 0 Å². The second-order valence-corrected chi connectivity index (χ2v) is 8.74. The zero-order valence-electron chi connectivity index (χ0n) is 15.7. The number of nitrogens with one attached hydrogen (secondary N) is 1. The van der Waals surface area contributed by atoms with Gasteiger partial charge in [-0.25, -0.2) is 22.9 Å². The van der Waals surface area contributed by atoms with Gasteiger partial charge >= 0.3 is 5.97 Å². The molecule has 0 aliphatic carbocycles. The molecule has 148 valence electrons. The highest BCUT2D eigenvalue weighted by molar-refractivity contribution is 7.89. The summed E-state index contributed by atoms with van der Waals surface area (Å²) in [5.74, 6) is 0.226. The number of nitrogens with zero attached hydrogens (tertiary/aromatic N) is 1. The minimum atomic E-state index is -3.77. The minimum absolute atomic E-state index is 0.0409. The van der Waals surface area contributed by atoms with Crippen LogP contribution < -0.4 is 9.46 Å². The van der Waals surface area contributed by atoms with Gasteiger partial charge in [0.05, 0.1) is 13.7 Å². The van der Waals surface area contributed by atoms with Crippen LogP contribution in [-0.4, -0.2) is 33.1 Å². The lowest BCUT2D eigenvalue weighted by Gasteiger charge is -2.08. The molecule has 0 aliphatic heterocycles. The Morgan fingerprint density at radius 2 is 2.07 bits per heavy atom. The Morgan fingerprint density at radius 3 is 2.79 bits per heavy atom. The molecule has 0 atom stereocenters. The van der Waals surface area contributed by atoms with Crippen LogP contribution in [0.3, 0.4) is 0 Å². The van der Waals surface area contributed by atoms with Gasteiger partial charge in [0.25, 0.3) is 0 Å². The topological polar surface area (TPSA) is 94.6 Å². The van der Waals surface area contributed by atoms with E-state index in [2.05, 4.69) is 9.71 Å². The first-order chi connectivity index (χ1) is 13.4. The van der Waals surface area contributed by atoms with Crippen LogP contribution in [0, 0.1) is 6.92 Å². The summed E-state index contributed by atoms with van der Waals surface area (Å²) in [5, 5.41) is 0.623. The maximum Gasteiger partial charge on any atom is 0.348 e. The van der Waals surface area contributed by atoms with Crippen molar-refractivity contribution in [2.24, 2.45) is 0 Å². The summed E-state index contributed by atoms with van der Waals surface area (Å²) in [5.41, 5.74) is 1.43. The van der Waals surface area contributed by atoms with Gasteiger partial charge in [-0.2, -0.15) is 0 Å². The van der Waals surface area contributed by atoms with Crippen LogP contribution in [0.5, 0.6) is 5.75 Å². The average molecular weight is 421 g/mol. The number of aromatic nitrogens is 1. The van der Waals surface area contributed by atoms with E-state index in [1.54, 1.807) is 45.2 Å². The molecule has 0 spiro atoms. The van der Waals surface area contributed by atoms with Gasteiger partial charge in [-0.3, -0.25) is 0 Å². The van der Waals surface area contributed by atoms with E-state index in [9.17, 15) is 13.2 Å². The van der Waals surface area contributed by atoms with E-state index < -0.39 is 16.0 Å². The summed E-state index contributed by atoms with van der Waals surface area (Å²) in [7, 11) is -2.22. The number of thiophene rings is 1. The molecule has 0 fully saturated rings. The number of hydrogen-bond donors (Lipinski definition) is 1. The molecule has 0 aliphatic rings. The maximum absolute atomic E-state index is 12.7. The SMILES string of the molecule is CCOC(=O)c1sc2ncc(S(=O)(=O)NCc3cccc(OC)c3)cc2c1C. The number of carbonyl (C=O) groups excluding carboxylic acids is 1. The lowest BCUT2D eigenvalue weighted by atomic mass is 10.2. The third-order valence-corrected chi connectivity index (χ3v) is 6.70. The number of ether oxygens (including phenoxy) is 2. The molecule has 28 heavy (non-hydrogen) atoms. The molecule has 2 heterocycles. The van der Waals surface area contributed by atoms with Crippen molar-refractivity contribution in [1.29, 1.82) is 0 Å². The second-order valence-electron chi connectivity index (χ2n) is 5.98. The molecule has 3 aromatic rings. The van der Waals surface area contributed by atoms with E-state index in [4.69, 9.17) is 9.47 Å². The van der Waals surface area contributed by atoms with Crippen LogP contribution in [0.25, 0.3) is 10.2 Å². The maximum atomic E-state index is 12.7. The summed E-state index contributed by atoms with van der Waals surface area (Å²) < 4.78 is 38.1. The second kappa shape index (κ2) is 8.26. The van der Waals surface area contributed by atoms with Gasteiger partial charge < -0.3 is 9.47 Å². The molecular weight excluding hydrogens is 400 g/mol. The summed E-state index contributed by atoms with van der Waals surface area (Å²) in [6.45, 7) is 3.88. The van der Waals surface area contributed by atoms with Gasteiger partial charge in [-0.15, -0.1) is 11.3 Å². The standard InChI is InChI=1S/C19H20N2O5S2/c1-4-26-19(22)17-12(2)16-9-15(11-20-18(16)27-17)28(23,24)21-10-13-6-5-7-14(8-13)25-3/h5-9,11,21H,4,10H2,1-3H3. The predicted molar refractivity (Wildman–Crippen MR) is 107 cm³/mol. The van der Waals surface area contributed by atoms with Crippen LogP contribution in [0.15, 0.2) is 41.4 Å². The number of hydrogen-bond acceptors (Lipinski definition) is 7. The van der Waals surface area contributed by atoms with Gasteiger partial charge in [-0.05, 0) is 43.2 Å². The van der Waals surface area contributed by atoms with Crippen molar-refractivity contribution in [2.45, 2.75) is 25.3 Å². The summed E-state index contributed by atoms with van der Waals surface area (Å²) in [4.78, 5) is 17.3. The molecule has 1 aromatic carbocycles. The zero-order valence-corrected chi connectivity index (χ0v) is 17.3. The zero-order chi connectivity index (χ0) is 20.3.